The Morgan fingerprint density at radius 2 is 0.913 bits per heavy atom. The number of hydrogen-bond donors (Lipinski definition) is 0. The molecule has 0 saturated carbocycles. The van der Waals surface area contributed by atoms with Crippen LogP contribution in [-0.4, -0.2) is 47.8 Å². The Morgan fingerprint density at radius 3 is 1.39 bits per heavy atom. The van der Waals surface area contributed by atoms with Crippen molar-refractivity contribution in [2.24, 2.45) is 0 Å². The van der Waals surface area contributed by atoms with Gasteiger partial charge in [-0.1, -0.05) is 35.6 Å². The first kappa shape index (κ1) is 26.5. The first-order chi connectivity index (χ1) is 22.3. The third-order valence-electron chi connectivity index (χ3n) is 7.89. The third-order valence-corrected chi connectivity index (χ3v) is 7.89. The van der Waals surface area contributed by atoms with Gasteiger partial charge in [0.1, 0.15) is 0 Å². The van der Waals surface area contributed by atoms with Crippen molar-refractivity contribution >= 4 is 56.2 Å². The second-order valence-electron chi connectivity index (χ2n) is 10.5. The second-order valence-corrected chi connectivity index (χ2v) is 10.5. The number of hydrogen-bond acceptors (Lipinski definition) is 7. The minimum Gasteiger partial charge on any atom is -0.509 e. The van der Waals surface area contributed by atoms with Gasteiger partial charge in [0, 0.05) is 36.3 Å². The van der Waals surface area contributed by atoms with E-state index in [1.807, 2.05) is 90.7 Å². The van der Waals surface area contributed by atoms with E-state index in [1.54, 1.807) is 24.8 Å². The van der Waals surface area contributed by atoms with Gasteiger partial charge in [-0.15, -0.1) is 36.4 Å². The van der Waals surface area contributed by atoms with E-state index in [0.717, 1.165) is 33.4 Å². The average molecular weight is 778 g/mol. The van der Waals surface area contributed by atoms with Crippen LogP contribution in [-0.2, 0) is 21.1 Å². The first-order valence-corrected chi connectivity index (χ1v) is 14.2. The van der Waals surface area contributed by atoms with Crippen LogP contribution in [0.15, 0.2) is 110 Å². The maximum absolute atomic E-state index is 6.38. The zero-order chi connectivity index (χ0) is 29.5. The van der Waals surface area contributed by atoms with Crippen molar-refractivity contribution in [3.05, 3.63) is 122 Å². The van der Waals surface area contributed by atoms with Crippen molar-refractivity contribution in [3.8, 4) is 22.9 Å². The molecule has 0 unspecified atom stereocenters. The second kappa shape index (κ2) is 10.0. The van der Waals surface area contributed by atoms with Crippen LogP contribution in [0.1, 0.15) is 0 Å². The molecule has 6 aromatic heterocycles. The fraction of sp³-hybridized carbons (Fsp3) is 0. The SMILES string of the molecule is [Pt+2].[c-]1c(Oc2[c-]c(-n3c4ccccc4n4c5nccnc5nc34)ccc2)cccc1-n1c2ccccc2n2c3nccnc3nc12. The van der Waals surface area contributed by atoms with Crippen molar-refractivity contribution in [1.29, 1.82) is 0 Å². The minimum absolute atomic E-state index is 0. The zero-order valence-electron chi connectivity index (χ0n) is 23.6. The number of ether oxygens (including phenoxy) is 1. The van der Waals surface area contributed by atoms with Gasteiger partial charge in [-0.3, -0.25) is 8.80 Å². The number of fused-ring (bicyclic) bond motifs is 10. The Hall–Kier alpha value is -5.93. The van der Waals surface area contributed by atoms with Crippen LogP contribution in [0, 0.1) is 12.1 Å². The summed E-state index contributed by atoms with van der Waals surface area (Å²) in [6, 6.07) is 34.7. The topological polar surface area (TPSA) is 105 Å². The number of nitrogens with zero attached hydrogens (tertiary/aromatic N) is 10. The normalized spacial score (nSPS) is 11.7. The van der Waals surface area contributed by atoms with E-state index in [2.05, 4.69) is 44.2 Å². The van der Waals surface area contributed by atoms with Crippen LogP contribution in [0.25, 0.3) is 67.6 Å². The Kier molecular flexibility index (Phi) is 5.78. The molecule has 0 atom stereocenters. The van der Waals surface area contributed by atoms with Gasteiger partial charge in [0.05, 0.1) is 22.1 Å². The fourth-order valence-corrected chi connectivity index (χ4v) is 6.09. The van der Waals surface area contributed by atoms with E-state index in [0.29, 0.717) is 45.6 Å². The van der Waals surface area contributed by atoms with Crippen molar-refractivity contribution in [2.75, 3.05) is 0 Å². The summed E-state index contributed by atoms with van der Waals surface area (Å²) in [5.74, 6) is 2.45. The summed E-state index contributed by atoms with van der Waals surface area (Å²) < 4.78 is 14.5. The Labute approximate surface area is 273 Å². The third kappa shape index (κ3) is 3.75. The van der Waals surface area contributed by atoms with Crippen molar-refractivity contribution in [3.63, 3.8) is 0 Å². The molecule has 10 aromatic rings. The number of imidazole rings is 4. The van der Waals surface area contributed by atoms with Gasteiger partial charge in [-0.2, -0.15) is 22.1 Å². The minimum atomic E-state index is 0. The molecule has 0 radical (unpaired) electrons. The standard InChI is InChI=1S/C34H18N10O.Pt/c1-3-13-27-25(11-1)41(33-39-29-31(43(27)33)37-17-15-35-29)21-7-5-9-23(19-21)45-24-10-6-8-22(20-24)42-26-12-2-4-14-28(26)44-32-30(40-34(42)44)36-16-18-38-32;/h1-18H;/q-2;+2. The first-order valence-electron chi connectivity index (χ1n) is 14.2. The summed E-state index contributed by atoms with van der Waals surface area (Å²) in [5, 5.41) is 0. The largest absolute Gasteiger partial charge is 2.00 e. The molecular weight excluding hydrogens is 760 g/mol. The molecule has 0 bridgehead atoms. The molecule has 10 rings (SSSR count). The van der Waals surface area contributed by atoms with Crippen LogP contribution in [0.4, 0.5) is 0 Å². The van der Waals surface area contributed by atoms with Gasteiger partial charge < -0.3 is 13.9 Å². The maximum atomic E-state index is 6.38. The molecule has 0 aliphatic rings. The van der Waals surface area contributed by atoms with Crippen molar-refractivity contribution < 1.29 is 25.8 Å². The monoisotopic (exact) mass is 777 g/mol. The molecule has 0 spiro atoms. The summed E-state index contributed by atoms with van der Waals surface area (Å²) in [6.45, 7) is 0. The van der Waals surface area contributed by atoms with Crippen LogP contribution >= 0.6 is 0 Å². The van der Waals surface area contributed by atoms with Gasteiger partial charge in [0.25, 0.3) is 0 Å². The van der Waals surface area contributed by atoms with Crippen LogP contribution in [0.2, 0.25) is 0 Å². The average Bonchev–Trinajstić information content (AvgIpc) is 3.81. The van der Waals surface area contributed by atoms with Crippen molar-refractivity contribution in [1.82, 2.24) is 47.8 Å². The quantitative estimate of drug-likeness (QED) is 0.198. The van der Waals surface area contributed by atoms with E-state index >= 15 is 0 Å². The molecule has 4 aromatic carbocycles. The van der Waals surface area contributed by atoms with E-state index in [9.17, 15) is 0 Å². The summed E-state index contributed by atoms with van der Waals surface area (Å²) >= 11 is 0. The van der Waals surface area contributed by atoms with E-state index < -0.39 is 0 Å². The molecule has 220 valence electrons. The smallest absolute Gasteiger partial charge is 0.509 e. The van der Waals surface area contributed by atoms with Crippen LogP contribution in [0.5, 0.6) is 11.5 Å². The van der Waals surface area contributed by atoms with Crippen molar-refractivity contribution in [2.45, 2.75) is 0 Å². The van der Waals surface area contributed by atoms with E-state index in [-0.39, 0.29) is 21.1 Å². The van der Waals surface area contributed by atoms with Gasteiger partial charge in [-0.05, 0) is 24.3 Å². The molecule has 11 nitrogen and oxygen atoms in total. The summed E-state index contributed by atoms with van der Waals surface area (Å²) in [5.41, 5.74) is 7.97. The van der Waals surface area contributed by atoms with Crippen LogP contribution in [0.3, 0.4) is 0 Å². The molecule has 0 aliphatic heterocycles. The van der Waals surface area contributed by atoms with Gasteiger partial charge in [0.15, 0.2) is 22.6 Å². The molecule has 0 saturated heterocycles. The molecular formula is C34H18N10OPt. The molecule has 0 aliphatic carbocycles. The predicted molar refractivity (Wildman–Crippen MR) is 168 cm³/mol. The Balaban J connectivity index is 0.00000292. The molecule has 6 heterocycles. The number of benzene rings is 4. The number of rotatable bonds is 4. The van der Waals surface area contributed by atoms with E-state index in [1.165, 1.54) is 0 Å². The molecule has 0 amide bonds. The van der Waals surface area contributed by atoms with Gasteiger partial charge in [-0.25, -0.2) is 19.9 Å². The summed E-state index contributed by atoms with van der Waals surface area (Å²) in [4.78, 5) is 27.6. The zero-order valence-corrected chi connectivity index (χ0v) is 25.9. The van der Waals surface area contributed by atoms with Gasteiger partial charge in [0.2, 0.25) is 11.6 Å². The number of para-hydroxylation sites is 4. The van der Waals surface area contributed by atoms with E-state index in [4.69, 9.17) is 14.7 Å². The van der Waals surface area contributed by atoms with Gasteiger partial charge >= 0.3 is 21.1 Å². The maximum Gasteiger partial charge on any atom is 2.00 e. The molecule has 46 heavy (non-hydrogen) atoms. The molecule has 0 fully saturated rings. The number of aromatic nitrogens is 10. The summed E-state index contributed by atoms with van der Waals surface area (Å²) in [6.07, 6.45) is 6.66. The Bertz CT molecular complexity index is 2590. The summed E-state index contributed by atoms with van der Waals surface area (Å²) in [7, 11) is 0. The fourth-order valence-electron chi connectivity index (χ4n) is 6.09. The van der Waals surface area contributed by atoms with Crippen LogP contribution < -0.4 is 4.74 Å². The Morgan fingerprint density at radius 1 is 0.478 bits per heavy atom. The molecule has 0 N–H and O–H groups in total. The predicted octanol–water partition coefficient (Wildman–Crippen LogP) is 6.15. The molecule has 12 heteroatoms.